The van der Waals surface area contributed by atoms with Crippen molar-refractivity contribution in [1.29, 1.82) is 0 Å². The molecule has 9 heteroatoms. The van der Waals surface area contributed by atoms with E-state index in [0.29, 0.717) is 25.3 Å². The molecule has 0 saturated carbocycles. The number of Topliss-reactive ketones (excluding diaryl/α,β-unsaturated/α-hetero) is 1. The lowest BCUT2D eigenvalue weighted by Crippen LogP contribution is -2.47. The van der Waals surface area contributed by atoms with Gasteiger partial charge in [-0.3, -0.25) is 9.78 Å². The SMILES string of the molecule is Cc1nn2cc(CNC(=O)N3CCC[C@@H](C(=O)c4ccccn4)C3)nc2s1. The number of aryl methyl sites for hydroxylation is 1. The lowest BCUT2D eigenvalue weighted by molar-refractivity contribution is 0.0840. The minimum absolute atomic E-state index is 0.00360. The monoisotopic (exact) mass is 384 g/mol. The minimum Gasteiger partial charge on any atom is -0.332 e. The van der Waals surface area contributed by atoms with Gasteiger partial charge < -0.3 is 10.2 Å². The van der Waals surface area contributed by atoms with Gasteiger partial charge in [0.2, 0.25) is 4.96 Å². The van der Waals surface area contributed by atoms with Gasteiger partial charge in [0.15, 0.2) is 5.78 Å². The first-order chi connectivity index (χ1) is 13.1. The normalized spacial score (nSPS) is 17.2. The minimum atomic E-state index is -0.204. The molecule has 2 amide bonds. The number of carbonyl (C=O) groups excluding carboxylic acids is 2. The summed E-state index contributed by atoms with van der Waals surface area (Å²) in [7, 11) is 0. The third kappa shape index (κ3) is 3.82. The number of pyridine rings is 1. The number of hydrogen-bond donors (Lipinski definition) is 1. The van der Waals surface area contributed by atoms with Crippen LogP contribution in [0.15, 0.2) is 30.6 Å². The van der Waals surface area contributed by atoms with Crippen molar-refractivity contribution in [2.45, 2.75) is 26.3 Å². The van der Waals surface area contributed by atoms with E-state index in [1.165, 1.54) is 11.3 Å². The summed E-state index contributed by atoms with van der Waals surface area (Å²) in [6.07, 6.45) is 5.02. The molecule has 0 spiro atoms. The Hall–Kier alpha value is -2.81. The Morgan fingerprint density at radius 2 is 2.26 bits per heavy atom. The molecule has 4 heterocycles. The Morgan fingerprint density at radius 1 is 1.37 bits per heavy atom. The standard InChI is InChI=1S/C18H20N6O2S/c1-12-22-24-11-14(21-18(24)27-12)9-20-17(26)23-8-4-5-13(10-23)16(25)15-6-2-3-7-19-15/h2-3,6-7,11,13H,4-5,8-10H2,1H3,(H,20,26)/t13-/m1/s1. The van der Waals surface area contributed by atoms with E-state index in [4.69, 9.17) is 0 Å². The van der Waals surface area contributed by atoms with Gasteiger partial charge in [0.25, 0.3) is 0 Å². The fourth-order valence-electron chi connectivity index (χ4n) is 3.30. The molecule has 0 aromatic carbocycles. The molecule has 1 aliphatic rings. The van der Waals surface area contributed by atoms with Crippen LogP contribution in [-0.2, 0) is 6.54 Å². The van der Waals surface area contributed by atoms with Gasteiger partial charge >= 0.3 is 6.03 Å². The summed E-state index contributed by atoms with van der Waals surface area (Å²) >= 11 is 1.51. The zero-order valence-electron chi connectivity index (χ0n) is 15.0. The van der Waals surface area contributed by atoms with Gasteiger partial charge in [0, 0.05) is 25.2 Å². The lowest BCUT2D eigenvalue weighted by Gasteiger charge is -2.31. The third-order valence-electron chi connectivity index (χ3n) is 4.61. The van der Waals surface area contributed by atoms with E-state index in [0.717, 1.165) is 28.5 Å². The van der Waals surface area contributed by atoms with Gasteiger partial charge in [-0.2, -0.15) is 5.10 Å². The van der Waals surface area contributed by atoms with Crippen LogP contribution in [0.5, 0.6) is 0 Å². The van der Waals surface area contributed by atoms with Crippen molar-refractivity contribution in [3.63, 3.8) is 0 Å². The van der Waals surface area contributed by atoms with Crippen molar-refractivity contribution in [1.82, 2.24) is 29.8 Å². The van der Waals surface area contributed by atoms with Crippen LogP contribution in [0.3, 0.4) is 0 Å². The quantitative estimate of drug-likeness (QED) is 0.697. The summed E-state index contributed by atoms with van der Waals surface area (Å²) in [6.45, 7) is 3.33. The van der Waals surface area contributed by atoms with Crippen molar-refractivity contribution in [3.05, 3.63) is 47.0 Å². The zero-order valence-corrected chi connectivity index (χ0v) is 15.8. The molecule has 0 radical (unpaired) electrons. The topological polar surface area (TPSA) is 92.5 Å². The molecule has 0 aliphatic carbocycles. The molecule has 1 aliphatic heterocycles. The maximum atomic E-state index is 12.6. The maximum Gasteiger partial charge on any atom is 0.317 e. The number of carbonyl (C=O) groups is 2. The third-order valence-corrected chi connectivity index (χ3v) is 5.45. The smallest absolute Gasteiger partial charge is 0.317 e. The van der Waals surface area contributed by atoms with Crippen molar-refractivity contribution in [3.8, 4) is 0 Å². The molecule has 8 nitrogen and oxygen atoms in total. The molecule has 3 aromatic rings. The summed E-state index contributed by atoms with van der Waals surface area (Å²) in [4.78, 5) is 36.2. The predicted octanol–water partition coefficient (Wildman–Crippen LogP) is 2.30. The average Bonchev–Trinajstić information content (AvgIpc) is 3.23. The summed E-state index contributed by atoms with van der Waals surface area (Å²) < 4.78 is 1.73. The number of aromatic nitrogens is 4. The lowest BCUT2D eigenvalue weighted by atomic mass is 9.92. The van der Waals surface area contributed by atoms with Gasteiger partial charge in [0.1, 0.15) is 10.7 Å². The number of ketones is 1. The first-order valence-electron chi connectivity index (χ1n) is 8.90. The van der Waals surface area contributed by atoms with Gasteiger partial charge in [-0.1, -0.05) is 17.4 Å². The number of fused-ring (bicyclic) bond motifs is 1. The van der Waals surface area contributed by atoms with E-state index in [9.17, 15) is 9.59 Å². The van der Waals surface area contributed by atoms with E-state index in [-0.39, 0.29) is 17.7 Å². The number of amides is 2. The summed E-state index contributed by atoms with van der Waals surface area (Å²) in [5.74, 6) is -0.201. The zero-order chi connectivity index (χ0) is 18.8. The number of nitrogens with zero attached hydrogens (tertiary/aromatic N) is 5. The van der Waals surface area contributed by atoms with Crippen LogP contribution in [-0.4, -0.2) is 49.4 Å². The van der Waals surface area contributed by atoms with E-state index < -0.39 is 0 Å². The highest BCUT2D eigenvalue weighted by molar-refractivity contribution is 7.16. The second kappa shape index (κ2) is 7.43. The Labute approximate surface area is 160 Å². The summed E-state index contributed by atoms with van der Waals surface area (Å²) in [5.41, 5.74) is 1.23. The molecular weight excluding hydrogens is 364 g/mol. The highest BCUT2D eigenvalue weighted by Crippen LogP contribution is 2.20. The fraction of sp³-hybridized carbons (Fsp3) is 0.389. The van der Waals surface area contributed by atoms with Crippen molar-refractivity contribution >= 4 is 28.1 Å². The van der Waals surface area contributed by atoms with Gasteiger partial charge in [-0.15, -0.1) is 0 Å². The molecule has 1 N–H and O–H groups in total. The number of rotatable bonds is 4. The largest absolute Gasteiger partial charge is 0.332 e. The van der Waals surface area contributed by atoms with Crippen LogP contribution in [0.2, 0.25) is 0 Å². The molecule has 1 atom stereocenters. The fourth-order valence-corrected chi connectivity index (χ4v) is 4.04. The second-order valence-corrected chi connectivity index (χ2v) is 7.76. The van der Waals surface area contributed by atoms with E-state index in [1.54, 1.807) is 33.8 Å². The van der Waals surface area contributed by atoms with Crippen LogP contribution in [0.25, 0.3) is 4.96 Å². The van der Waals surface area contributed by atoms with E-state index >= 15 is 0 Å². The van der Waals surface area contributed by atoms with Gasteiger partial charge in [0.05, 0.1) is 18.4 Å². The van der Waals surface area contributed by atoms with Crippen LogP contribution in [0.1, 0.15) is 34.0 Å². The van der Waals surface area contributed by atoms with Crippen LogP contribution in [0, 0.1) is 12.8 Å². The van der Waals surface area contributed by atoms with Crippen molar-refractivity contribution < 1.29 is 9.59 Å². The Balaban J connectivity index is 1.35. The Morgan fingerprint density at radius 3 is 3.04 bits per heavy atom. The van der Waals surface area contributed by atoms with Crippen LogP contribution in [0.4, 0.5) is 4.79 Å². The Bertz CT molecular complexity index is 935. The molecule has 27 heavy (non-hydrogen) atoms. The number of imidazole rings is 1. The number of piperidine rings is 1. The highest BCUT2D eigenvalue weighted by Gasteiger charge is 2.29. The number of hydrogen-bond acceptors (Lipinski definition) is 6. The van der Waals surface area contributed by atoms with Crippen molar-refractivity contribution in [2.75, 3.05) is 13.1 Å². The molecule has 0 bridgehead atoms. The molecule has 1 fully saturated rings. The van der Waals surface area contributed by atoms with E-state index in [2.05, 4.69) is 20.4 Å². The molecule has 3 aromatic heterocycles. The number of likely N-dealkylation sites (tertiary alicyclic amines) is 1. The molecule has 1 saturated heterocycles. The first-order valence-corrected chi connectivity index (χ1v) is 9.71. The molecular formula is C18H20N6O2S. The second-order valence-electron chi connectivity index (χ2n) is 6.60. The molecule has 140 valence electrons. The molecule has 4 rings (SSSR count). The van der Waals surface area contributed by atoms with Gasteiger partial charge in [-0.25, -0.2) is 14.3 Å². The highest BCUT2D eigenvalue weighted by atomic mass is 32.1. The summed E-state index contributed by atoms with van der Waals surface area (Å²) in [5, 5.41) is 8.16. The maximum absolute atomic E-state index is 12.6. The van der Waals surface area contributed by atoms with Crippen molar-refractivity contribution in [2.24, 2.45) is 5.92 Å². The van der Waals surface area contributed by atoms with Crippen LogP contribution < -0.4 is 5.32 Å². The van der Waals surface area contributed by atoms with Crippen LogP contribution >= 0.6 is 11.3 Å². The predicted molar refractivity (Wildman–Crippen MR) is 101 cm³/mol. The first kappa shape index (κ1) is 17.6. The van der Waals surface area contributed by atoms with Gasteiger partial charge in [-0.05, 0) is 31.9 Å². The summed E-state index contributed by atoms with van der Waals surface area (Å²) in [6, 6.07) is 5.14. The average molecular weight is 384 g/mol. The molecule has 0 unspecified atom stereocenters. The van der Waals surface area contributed by atoms with E-state index in [1.807, 2.05) is 13.1 Å². The Kier molecular flexibility index (Phi) is 4.85. The number of urea groups is 1. The number of nitrogens with one attached hydrogen (secondary N) is 1.